The zero-order valence-corrected chi connectivity index (χ0v) is 17.2. The first-order chi connectivity index (χ1) is 15.0. The lowest BCUT2D eigenvalue weighted by atomic mass is 10.0. The maximum absolute atomic E-state index is 14.0. The summed E-state index contributed by atoms with van der Waals surface area (Å²) in [5, 5.41) is 14.6. The highest BCUT2D eigenvalue weighted by Crippen LogP contribution is 2.30. The third-order valence-corrected chi connectivity index (χ3v) is 5.32. The van der Waals surface area contributed by atoms with E-state index in [-0.39, 0.29) is 23.0 Å². The molecule has 4 aromatic carbocycles. The van der Waals surface area contributed by atoms with Crippen LogP contribution in [0.5, 0.6) is 5.75 Å². The molecule has 0 aromatic heterocycles. The molecule has 0 fully saturated rings. The minimum absolute atomic E-state index is 0.0475. The van der Waals surface area contributed by atoms with Crippen LogP contribution in [0.15, 0.2) is 78.9 Å². The Balaban J connectivity index is 1.62. The Labute approximate surface area is 183 Å². The van der Waals surface area contributed by atoms with Gasteiger partial charge in [-0.25, -0.2) is 9.18 Å². The van der Waals surface area contributed by atoms with Gasteiger partial charge in [-0.05, 0) is 41.1 Å². The second-order valence-electron chi connectivity index (χ2n) is 7.00. The number of benzene rings is 4. The van der Waals surface area contributed by atoms with Crippen molar-refractivity contribution in [1.29, 1.82) is 0 Å². The number of hydrogen-bond donors (Lipinski definition) is 2. The molecule has 0 spiro atoms. The summed E-state index contributed by atoms with van der Waals surface area (Å²) in [6.07, 6.45) is 0. The van der Waals surface area contributed by atoms with Gasteiger partial charge in [0.05, 0.1) is 10.6 Å². The van der Waals surface area contributed by atoms with Crippen LogP contribution >= 0.6 is 11.6 Å². The lowest BCUT2D eigenvalue weighted by Gasteiger charge is -2.16. The molecule has 0 aliphatic rings. The molecular formula is C25H19ClFNO3. The molecule has 0 saturated carbocycles. The summed E-state index contributed by atoms with van der Waals surface area (Å²) >= 11 is 6.08. The summed E-state index contributed by atoms with van der Waals surface area (Å²) in [6.45, 7) is 0.522. The zero-order valence-electron chi connectivity index (χ0n) is 16.4. The van der Waals surface area contributed by atoms with E-state index in [1.807, 2.05) is 36.4 Å². The molecule has 0 radical (unpaired) electrons. The summed E-state index contributed by atoms with van der Waals surface area (Å²) < 4.78 is 20.0. The Morgan fingerprint density at radius 2 is 1.77 bits per heavy atom. The fraction of sp³-hybridized carbons (Fsp3) is 0.0800. The third-order valence-electron chi connectivity index (χ3n) is 5.01. The number of halogens is 2. The van der Waals surface area contributed by atoms with Crippen molar-refractivity contribution >= 4 is 34.0 Å². The van der Waals surface area contributed by atoms with Gasteiger partial charge in [-0.15, -0.1) is 0 Å². The largest absolute Gasteiger partial charge is 0.488 e. The van der Waals surface area contributed by atoms with Crippen molar-refractivity contribution < 1.29 is 19.0 Å². The van der Waals surface area contributed by atoms with Crippen molar-refractivity contribution in [3.63, 3.8) is 0 Å². The van der Waals surface area contributed by atoms with Gasteiger partial charge in [-0.3, -0.25) is 0 Å². The molecule has 0 aliphatic heterocycles. The van der Waals surface area contributed by atoms with Gasteiger partial charge >= 0.3 is 5.97 Å². The summed E-state index contributed by atoms with van der Waals surface area (Å²) in [5.41, 5.74) is 2.12. The van der Waals surface area contributed by atoms with E-state index in [4.69, 9.17) is 21.4 Å². The quantitative estimate of drug-likeness (QED) is 0.347. The van der Waals surface area contributed by atoms with E-state index in [0.29, 0.717) is 23.5 Å². The Hall–Kier alpha value is -3.57. The molecule has 4 aromatic rings. The highest BCUT2D eigenvalue weighted by atomic mass is 35.5. The highest BCUT2D eigenvalue weighted by Gasteiger charge is 2.12. The average Bonchev–Trinajstić information content (AvgIpc) is 2.77. The maximum atomic E-state index is 14.0. The van der Waals surface area contributed by atoms with Crippen LogP contribution in [-0.4, -0.2) is 11.1 Å². The summed E-state index contributed by atoms with van der Waals surface area (Å²) in [7, 11) is 0. The van der Waals surface area contributed by atoms with Crippen molar-refractivity contribution in [2.24, 2.45) is 0 Å². The van der Waals surface area contributed by atoms with Gasteiger partial charge < -0.3 is 15.2 Å². The molecule has 4 rings (SSSR count). The Bertz CT molecular complexity index is 1260. The van der Waals surface area contributed by atoms with E-state index < -0.39 is 5.97 Å². The van der Waals surface area contributed by atoms with Gasteiger partial charge in [0.1, 0.15) is 18.2 Å². The van der Waals surface area contributed by atoms with Crippen LogP contribution in [0.3, 0.4) is 0 Å². The van der Waals surface area contributed by atoms with E-state index in [9.17, 15) is 9.18 Å². The molecule has 0 bridgehead atoms. The van der Waals surface area contributed by atoms with Crippen LogP contribution < -0.4 is 10.1 Å². The predicted molar refractivity (Wildman–Crippen MR) is 120 cm³/mol. The second-order valence-corrected chi connectivity index (χ2v) is 7.40. The number of nitrogens with one attached hydrogen (secondary N) is 1. The number of anilines is 1. The van der Waals surface area contributed by atoms with Gasteiger partial charge in [0, 0.05) is 23.4 Å². The smallest absolute Gasteiger partial charge is 0.337 e. The van der Waals surface area contributed by atoms with Gasteiger partial charge in [0.15, 0.2) is 0 Å². The fourth-order valence-corrected chi connectivity index (χ4v) is 3.65. The molecule has 0 saturated heterocycles. The Morgan fingerprint density at radius 1 is 1.00 bits per heavy atom. The SMILES string of the molecule is O=C(O)c1ccc(NCc2c(OCc3ccccc3F)ccc3ccccc23)cc1Cl. The van der Waals surface area contributed by atoms with E-state index in [2.05, 4.69) is 5.32 Å². The van der Waals surface area contributed by atoms with E-state index in [0.717, 1.165) is 16.3 Å². The van der Waals surface area contributed by atoms with Crippen molar-refractivity contribution in [2.45, 2.75) is 13.2 Å². The third kappa shape index (κ3) is 4.62. The molecule has 0 heterocycles. The Morgan fingerprint density at radius 3 is 2.55 bits per heavy atom. The highest BCUT2D eigenvalue weighted by molar-refractivity contribution is 6.33. The monoisotopic (exact) mass is 435 g/mol. The number of aromatic carboxylic acids is 1. The van der Waals surface area contributed by atoms with Crippen LogP contribution in [-0.2, 0) is 13.2 Å². The van der Waals surface area contributed by atoms with Crippen molar-refractivity contribution in [3.8, 4) is 5.75 Å². The number of hydrogen-bond acceptors (Lipinski definition) is 3. The molecule has 156 valence electrons. The standard InChI is InChI=1S/C25H19ClFNO3/c26-22-13-18(10-11-20(22)25(29)30)28-14-21-19-7-3-1-5-16(19)9-12-24(21)31-15-17-6-2-4-8-23(17)27/h1-13,28H,14-15H2,(H,29,30). The summed E-state index contributed by atoms with van der Waals surface area (Å²) in [4.78, 5) is 11.2. The average molecular weight is 436 g/mol. The molecule has 2 N–H and O–H groups in total. The van der Waals surface area contributed by atoms with Crippen LogP contribution in [0.4, 0.5) is 10.1 Å². The molecule has 0 amide bonds. The second kappa shape index (κ2) is 9.06. The first kappa shape index (κ1) is 20.7. The number of ether oxygens (including phenoxy) is 1. The molecule has 4 nitrogen and oxygen atoms in total. The number of carbonyl (C=O) groups is 1. The van der Waals surface area contributed by atoms with Gasteiger partial charge in [-0.2, -0.15) is 0 Å². The lowest BCUT2D eigenvalue weighted by molar-refractivity contribution is 0.0697. The molecule has 0 unspecified atom stereocenters. The van der Waals surface area contributed by atoms with Gasteiger partial charge in [0.2, 0.25) is 0 Å². The Kier molecular flexibility index (Phi) is 6.05. The van der Waals surface area contributed by atoms with Crippen molar-refractivity contribution in [3.05, 3.63) is 106 Å². The minimum Gasteiger partial charge on any atom is -0.488 e. The molecule has 6 heteroatoms. The zero-order chi connectivity index (χ0) is 21.8. The molecule has 31 heavy (non-hydrogen) atoms. The fourth-order valence-electron chi connectivity index (χ4n) is 3.39. The number of carboxylic acid groups (broad SMARTS) is 1. The first-order valence-electron chi connectivity index (χ1n) is 9.66. The normalized spacial score (nSPS) is 10.8. The van der Waals surface area contributed by atoms with Gasteiger partial charge in [-0.1, -0.05) is 60.1 Å². The molecular weight excluding hydrogens is 417 g/mol. The molecule has 0 aliphatic carbocycles. The first-order valence-corrected chi connectivity index (χ1v) is 10.0. The number of fused-ring (bicyclic) bond motifs is 1. The predicted octanol–water partition coefficient (Wildman–Crippen LogP) is 6.52. The molecule has 0 atom stereocenters. The van der Waals surface area contributed by atoms with Crippen molar-refractivity contribution in [1.82, 2.24) is 0 Å². The van der Waals surface area contributed by atoms with E-state index in [1.165, 1.54) is 12.1 Å². The number of carboxylic acids is 1. The summed E-state index contributed by atoms with van der Waals surface area (Å²) in [6, 6.07) is 23.0. The van der Waals surface area contributed by atoms with E-state index >= 15 is 0 Å². The van der Waals surface area contributed by atoms with Crippen LogP contribution in [0.1, 0.15) is 21.5 Å². The topological polar surface area (TPSA) is 58.6 Å². The summed E-state index contributed by atoms with van der Waals surface area (Å²) in [5.74, 6) is -0.742. The maximum Gasteiger partial charge on any atom is 0.337 e. The minimum atomic E-state index is -1.07. The lowest BCUT2D eigenvalue weighted by Crippen LogP contribution is -2.06. The van der Waals surface area contributed by atoms with Crippen LogP contribution in [0.25, 0.3) is 10.8 Å². The van der Waals surface area contributed by atoms with E-state index in [1.54, 1.807) is 30.3 Å². The van der Waals surface area contributed by atoms with Crippen LogP contribution in [0.2, 0.25) is 5.02 Å². The number of rotatable bonds is 7. The van der Waals surface area contributed by atoms with Crippen LogP contribution in [0, 0.1) is 5.82 Å². The van der Waals surface area contributed by atoms with Crippen molar-refractivity contribution in [2.75, 3.05) is 5.32 Å². The van der Waals surface area contributed by atoms with Gasteiger partial charge in [0.25, 0.3) is 0 Å².